The Morgan fingerprint density at radius 1 is 1.04 bits per heavy atom. The molecular weight excluding hydrogens is 347 g/mol. The molecule has 0 aromatic heterocycles. The lowest BCUT2D eigenvalue weighted by molar-refractivity contribution is -0.135. The highest BCUT2D eigenvalue weighted by Gasteiger charge is 2.34. The van der Waals surface area contributed by atoms with Gasteiger partial charge < -0.3 is 15.1 Å². The smallest absolute Gasteiger partial charge is 0.242 e. The second-order valence-corrected chi connectivity index (χ2v) is 6.82. The van der Waals surface area contributed by atoms with Crippen molar-refractivity contribution < 1.29 is 19.4 Å². The molecule has 5 nitrogen and oxygen atoms in total. The van der Waals surface area contributed by atoms with Gasteiger partial charge in [-0.1, -0.05) is 42.5 Å². The molecule has 1 aliphatic rings. The Labute approximate surface area is 158 Å². The second-order valence-electron chi connectivity index (χ2n) is 6.82. The number of aliphatic hydroxyl groups is 2. The van der Waals surface area contributed by atoms with Gasteiger partial charge in [0.25, 0.3) is 0 Å². The van der Waals surface area contributed by atoms with Crippen molar-refractivity contribution in [3.63, 3.8) is 0 Å². The number of likely N-dealkylation sites (tertiary alicyclic amines) is 1. The topological polar surface area (TPSA) is 72.8 Å². The molecule has 1 aliphatic heterocycles. The van der Waals surface area contributed by atoms with Gasteiger partial charge in [0, 0.05) is 13.1 Å². The summed E-state index contributed by atoms with van der Waals surface area (Å²) in [6, 6.07) is 13.3. The molecule has 1 saturated heterocycles. The highest BCUT2D eigenvalue weighted by atomic mass is 19.1. The molecule has 3 rings (SSSR count). The van der Waals surface area contributed by atoms with Crippen molar-refractivity contribution in [3.8, 4) is 0 Å². The van der Waals surface area contributed by atoms with E-state index in [-0.39, 0.29) is 12.5 Å². The molecule has 3 atom stereocenters. The van der Waals surface area contributed by atoms with Crippen molar-refractivity contribution in [2.24, 2.45) is 0 Å². The first kappa shape index (κ1) is 19.5. The number of carbonyl (C=O) groups excluding carboxylic acids is 1. The molecule has 1 amide bonds. The molecule has 1 heterocycles. The molecule has 2 aromatic carbocycles. The number of carbonyl (C=O) groups is 1. The lowest BCUT2D eigenvalue weighted by atomic mass is 9.98. The highest BCUT2D eigenvalue weighted by molar-refractivity contribution is 5.83. The van der Waals surface area contributed by atoms with Gasteiger partial charge in [-0.15, -0.1) is 0 Å². The fourth-order valence-corrected chi connectivity index (χ4v) is 3.44. The first-order chi connectivity index (χ1) is 13.1. The van der Waals surface area contributed by atoms with Crippen LogP contribution in [0.15, 0.2) is 54.6 Å². The third-order valence-corrected chi connectivity index (χ3v) is 4.98. The molecule has 2 aromatic rings. The lowest BCUT2D eigenvalue weighted by Gasteiger charge is -2.31. The van der Waals surface area contributed by atoms with E-state index < -0.39 is 24.0 Å². The van der Waals surface area contributed by atoms with Crippen LogP contribution in [0.2, 0.25) is 0 Å². The zero-order chi connectivity index (χ0) is 19.2. The Hall–Kier alpha value is -2.28. The second kappa shape index (κ2) is 9.08. The molecule has 1 fully saturated rings. The minimum Gasteiger partial charge on any atom is -0.394 e. The largest absolute Gasteiger partial charge is 0.394 e. The number of benzene rings is 2. The summed E-state index contributed by atoms with van der Waals surface area (Å²) in [7, 11) is 0. The maximum absolute atomic E-state index is 13.2. The van der Waals surface area contributed by atoms with Crippen LogP contribution in [-0.4, -0.2) is 46.8 Å². The van der Waals surface area contributed by atoms with E-state index in [0.717, 1.165) is 18.4 Å². The average molecular weight is 372 g/mol. The molecular formula is C21H25FN2O3. The quantitative estimate of drug-likeness (QED) is 0.697. The first-order valence-electron chi connectivity index (χ1n) is 9.24. The zero-order valence-electron chi connectivity index (χ0n) is 15.1. The Balaban J connectivity index is 1.86. The number of hydrogen-bond acceptors (Lipinski definition) is 4. The van der Waals surface area contributed by atoms with Crippen molar-refractivity contribution >= 4 is 5.91 Å². The molecule has 0 aliphatic carbocycles. The van der Waals surface area contributed by atoms with Gasteiger partial charge in [-0.05, 0) is 36.1 Å². The van der Waals surface area contributed by atoms with Crippen LogP contribution < -0.4 is 5.32 Å². The minimum atomic E-state index is -1.16. The number of aliphatic hydroxyl groups excluding tert-OH is 2. The van der Waals surface area contributed by atoms with Gasteiger partial charge in [-0.3, -0.25) is 10.1 Å². The lowest BCUT2D eigenvalue weighted by Crippen LogP contribution is -2.50. The van der Waals surface area contributed by atoms with Crippen molar-refractivity contribution in [1.82, 2.24) is 10.2 Å². The van der Waals surface area contributed by atoms with Crippen molar-refractivity contribution in [3.05, 3.63) is 71.5 Å². The van der Waals surface area contributed by atoms with Crippen molar-refractivity contribution in [2.45, 2.75) is 31.0 Å². The summed E-state index contributed by atoms with van der Waals surface area (Å²) >= 11 is 0. The zero-order valence-corrected chi connectivity index (χ0v) is 15.1. The number of halogens is 1. The van der Waals surface area contributed by atoms with Crippen LogP contribution in [-0.2, 0) is 4.79 Å². The predicted molar refractivity (Wildman–Crippen MR) is 100 cm³/mol. The van der Waals surface area contributed by atoms with E-state index in [1.54, 1.807) is 4.90 Å². The Morgan fingerprint density at radius 2 is 1.67 bits per heavy atom. The predicted octanol–water partition coefficient (Wildman–Crippen LogP) is 2.17. The number of amides is 1. The summed E-state index contributed by atoms with van der Waals surface area (Å²) in [6.45, 7) is 1.09. The highest BCUT2D eigenvalue weighted by Crippen LogP contribution is 2.24. The average Bonchev–Trinajstić information content (AvgIpc) is 3.24. The van der Waals surface area contributed by atoms with Gasteiger partial charge in [0.05, 0.1) is 12.6 Å². The molecule has 0 saturated carbocycles. The summed E-state index contributed by atoms with van der Waals surface area (Å²) in [5.74, 6) is -0.613. The fraction of sp³-hybridized carbons (Fsp3) is 0.381. The third kappa shape index (κ3) is 4.71. The SMILES string of the molecule is O=C([C@@H](N[C@H](CO)c1ccccc1)[C@H](O)c1ccc(F)cc1)N1CCCC1. The normalized spacial score (nSPS) is 17.5. The molecule has 0 unspecified atom stereocenters. The molecule has 3 N–H and O–H groups in total. The number of rotatable bonds is 7. The number of hydrogen-bond donors (Lipinski definition) is 3. The molecule has 0 radical (unpaired) electrons. The van der Waals surface area contributed by atoms with E-state index in [9.17, 15) is 19.4 Å². The summed E-state index contributed by atoms with van der Waals surface area (Å²) in [6.07, 6.45) is 0.719. The van der Waals surface area contributed by atoms with E-state index in [2.05, 4.69) is 5.32 Å². The van der Waals surface area contributed by atoms with Gasteiger partial charge in [0.1, 0.15) is 18.0 Å². The number of nitrogens with one attached hydrogen (secondary N) is 1. The number of nitrogens with zero attached hydrogens (tertiary/aromatic N) is 1. The maximum atomic E-state index is 13.2. The minimum absolute atomic E-state index is 0.210. The molecule has 0 bridgehead atoms. The maximum Gasteiger partial charge on any atom is 0.242 e. The standard InChI is InChI=1S/C21H25FN2O3/c22-17-10-8-16(9-11-17)20(26)19(21(27)24-12-4-5-13-24)23-18(14-25)15-6-2-1-3-7-15/h1-3,6-11,18-20,23,25-26H,4-5,12-14H2/t18-,19+,20-/m1/s1. The van der Waals surface area contributed by atoms with Crippen LogP contribution in [0.25, 0.3) is 0 Å². The van der Waals surface area contributed by atoms with E-state index in [4.69, 9.17) is 0 Å². The van der Waals surface area contributed by atoms with Crippen molar-refractivity contribution in [2.75, 3.05) is 19.7 Å². The van der Waals surface area contributed by atoms with Crippen LogP contribution in [0.1, 0.15) is 36.1 Å². The van der Waals surface area contributed by atoms with Crippen LogP contribution in [0.4, 0.5) is 4.39 Å². The van der Waals surface area contributed by atoms with Crippen LogP contribution in [0.5, 0.6) is 0 Å². The summed E-state index contributed by atoms with van der Waals surface area (Å²) in [5, 5.41) is 23.8. The van der Waals surface area contributed by atoms with Gasteiger partial charge in [-0.2, -0.15) is 0 Å². The third-order valence-electron chi connectivity index (χ3n) is 4.98. The molecule has 0 spiro atoms. The van der Waals surface area contributed by atoms with Gasteiger partial charge >= 0.3 is 0 Å². The Kier molecular flexibility index (Phi) is 6.55. The Morgan fingerprint density at radius 3 is 2.26 bits per heavy atom. The summed E-state index contributed by atoms with van der Waals surface area (Å²) in [4.78, 5) is 14.8. The van der Waals surface area contributed by atoms with E-state index in [0.29, 0.717) is 18.7 Å². The first-order valence-corrected chi connectivity index (χ1v) is 9.24. The van der Waals surface area contributed by atoms with Gasteiger partial charge in [-0.25, -0.2) is 4.39 Å². The van der Waals surface area contributed by atoms with E-state index in [1.165, 1.54) is 24.3 Å². The van der Waals surface area contributed by atoms with Gasteiger partial charge in [0.15, 0.2) is 0 Å². The van der Waals surface area contributed by atoms with Crippen molar-refractivity contribution in [1.29, 1.82) is 0 Å². The molecule has 27 heavy (non-hydrogen) atoms. The van der Waals surface area contributed by atoms with E-state index in [1.807, 2.05) is 30.3 Å². The molecule has 144 valence electrons. The van der Waals surface area contributed by atoms with Crippen LogP contribution in [0, 0.1) is 5.82 Å². The van der Waals surface area contributed by atoms with Crippen LogP contribution >= 0.6 is 0 Å². The fourth-order valence-electron chi connectivity index (χ4n) is 3.44. The summed E-state index contributed by atoms with van der Waals surface area (Å²) < 4.78 is 13.2. The Bertz CT molecular complexity index is 733. The molecule has 6 heteroatoms. The van der Waals surface area contributed by atoms with Gasteiger partial charge in [0.2, 0.25) is 5.91 Å². The van der Waals surface area contributed by atoms with Crippen LogP contribution in [0.3, 0.4) is 0 Å². The monoisotopic (exact) mass is 372 g/mol. The summed E-state index contributed by atoms with van der Waals surface area (Å²) in [5.41, 5.74) is 1.27. The van der Waals surface area contributed by atoms with E-state index >= 15 is 0 Å².